The molecule has 0 aliphatic carbocycles. The number of rotatable bonds is 6. The van der Waals surface area contributed by atoms with Gasteiger partial charge in [0.25, 0.3) is 5.91 Å². The Balaban J connectivity index is 1.47. The van der Waals surface area contributed by atoms with Gasteiger partial charge in [-0.25, -0.2) is 4.98 Å². The van der Waals surface area contributed by atoms with Crippen LogP contribution in [-0.2, 0) is 0 Å². The van der Waals surface area contributed by atoms with Crippen molar-refractivity contribution >= 4 is 47.9 Å². The van der Waals surface area contributed by atoms with Crippen molar-refractivity contribution in [2.24, 2.45) is 0 Å². The number of aliphatic hydroxyl groups excluding tert-OH is 1. The first-order valence-electron chi connectivity index (χ1n) is 9.68. The number of aromatic nitrogens is 2. The maximum Gasteiger partial charge on any atom is 0.269 e. The number of carbonyl (C=O) groups is 1. The summed E-state index contributed by atoms with van der Waals surface area (Å²) in [5.74, 6) is 0.955. The summed E-state index contributed by atoms with van der Waals surface area (Å²) in [6.07, 6.45) is 3.63. The van der Waals surface area contributed by atoms with Crippen molar-refractivity contribution in [2.75, 3.05) is 25.5 Å². The molecule has 8 nitrogen and oxygen atoms in total. The van der Waals surface area contributed by atoms with Crippen LogP contribution in [0.2, 0.25) is 0 Å². The zero-order chi connectivity index (χ0) is 21.1. The average molecular weight is 442 g/mol. The number of nitrogens with one attached hydrogen (secondary N) is 2. The van der Waals surface area contributed by atoms with Crippen molar-refractivity contribution in [1.82, 2.24) is 20.2 Å². The fourth-order valence-electron chi connectivity index (χ4n) is 3.40. The fraction of sp³-hybridized carbons (Fsp3) is 0.300. The molecule has 0 saturated carbocycles. The van der Waals surface area contributed by atoms with Crippen molar-refractivity contribution in [3.8, 4) is 11.5 Å². The number of nitrogens with zero attached hydrogens (tertiary/aromatic N) is 3. The first-order chi connectivity index (χ1) is 14.5. The molecule has 1 aliphatic heterocycles. The number of benzene rings is 1. The van der Waals surface area contributed by atoms with Crippen molar-refractivity contribution in [3.05, 3.63) is 42.2 Å². The van der Waals surface area contributed by atoms with Crippen LogP contribution in [0.25, 0.3) is 10.2 Å². The molecular weight excluding hydrogens is 418 g/mol. The molecule has 0 spiro atoms. The van der Waals surface area contributed by atoms with E-state index in [0.717, 1.165) is 41.3 Å². The van der Waals surface area contributed by atoms with Gasteiger partial charge in [0.15, 0.2) is 5.13 Å². The summed E-state index contributed by atoms with van der Waals surface area (Å²) in [6, 6.07) is 9.30. The van der Waals surface area contributed by atoms with E-state index in [1.807, 2.05) is 23.1 Å². The van der Waals surface area contributed by atoms with E-state index >= 15 is 0 Å². The number of hydrogen-bond donors (Lipinski definition) is 3. The molecule has 1 aliphatic rings. The zero-order valence-corrected chi connectivity index (χ0v) is 18.8. The van der Waals surface area contributed by atoms with E-state index in [-0.39, 0.29) is 11.9 Å². The molecule has 1 saturated heterocycles. The lowest BCUT2D eigenvalue weighted by Gasteiger charge is -2.33. The number of fused-ring (bicyclic) bond motifs is 1. The summed E-state index contributed by atoms with van der Waals surface area (Å²) in [5.41, 5.74) is 1.59. The molecule has 156 valence electrons. The summed E-state index contributed by atoms with van der Waals surface area (Å²) in [6.45, 7) is 1.67. The van der Waals surface area contributed by atoms with E-state index in [9.17, 15) is 9.90 Å². The number of aliphatic hydroxyl groups is 1. The number of anilines is 1. The number of carbonyl (C=O) groups excluding carboxylic acids is 1. The van der Waals surface area contributed by atoms with Gasteiger partial charge in [-0.15, -0.1) is 0 Å². The SMILES string of the molecule is CNC(=O)c1cc(Oc2ccc3nc(N[C@H]4CCCN(C(O)=[SiH2])C4)sc3c2)ccn1. The second kappa shape index (κ2) is 8.80. The molecule has 4 rings (SSSR count). The minimum atomic E-state index is -0.259. The Hall–Kier alpha value is -2.98. The van der Waals surface area contributed by atoms with E-state index in [2.05, 4.69) is 20.6 Å². The lowest BCUT2D eigenvalue weighted by molar-refractivity contribution is 0.0958. The molecular formula is C20H23N5O3SSi. The first kappa shape index (κ1) is 20.3. The van der Waals surface area contributed by atoms with E-state index in [1.54, 1.807) is 36.7 Å². The maximum atomic E-state index is 11.8. The second-order valence-electron chi connectivity index (χ2n) is 7.05. The monoisotopic (exact) mass is 441 g/mol. The molecule has 3 heterocycles. The zero-order valence-electron chi connectivity index (χ0n) is 16.6. The third kappa shape index (κ3) is 4.60. The maximum absolute atomic E-state index is 11.8. The molecule has 10 heteroatoms. The summed E-state index contributed by atoms with van der Waals surface area (Å²) in [7, 11) is 3.08. The number of amides is 1. The first-order valence-corrected chi connectivity index (χ1v) is 11.2. The van der Waals surface area contributed by atoms with Crippen LogP contribution in [0, 0.1) is 0 Å². The highest BCUT2D eigenvalue weighted by molar-refractivity contribution is 7.22. The van der Waals surface area contributed by atoms with Crippen LogP contribution in [0.1, 0.15) is 23.3 Å². The molecule has 3 N–H and O–H groups in total. The number of likely N-dealkylation sites (tertiary alicyclic amines) is 1. The number of pyridine rings is 1. The third-order valence-electron chi connectivity index (χ3n) is 4.90. The molecule has 3 aromatic rings. The van der Waals surface area contributed by atoms with Gasteiger partial charge in [-0.05, 0) is 31.0 Å². The summed E-state index contributed by atoms with van der Waals surface area (Å²) in [4.78, 5) is 22.5. The summed E-state index contributed by atoms with van der Waals surface area (Å²) < 4.78 is 6.93. The van der Waals surface area contributed by atoms with Gasteiger partial charge >= 0.3 is 0 Å². The predicted octanol–water partition coefficient (Wildman–Crippen LogP) is 1.81. The molecule has 1 aromatic carbocycles. The van der Waals surface area contributed by atoms with Gasteiger partial charge in [0.2, 0.25) is 0 Å². The van der Waals surface area contributed by atoms with Gasteiger partial charge in [0.05, 0.1) is 20.1 Å². The molecule has 1 fully saturated rings. The fourth-order valence-corrected chi connectivity index (χ4v) is 4.66. The largest absolute Gasteiger partial charge is 0.500 e. The smallest absolute Gasteiger partial charge is 0.269 e. The van der Waals surface area contributed by atoms with Gasteiger partial charge in [-0.2, -0.15) is 0 Å². The van der Waals surface area contributed by atoms with Crippen LogP contribution in [0.4, 0.5) is 5.13 Å². The molecule has 0 unspecified atom stereocenters. The van der Waals surface area contributed by atoms with Crippen molar-refractivity contribution in [2.45, 2.75) is 18.9 Å². The topological polar surface area (TPSA) is 99.6 Å². The van der Waals surface area contributed by atoms with E-state index < -0.39 is 0 Å². The van der Waals surface area contributed by atoms with E-state index in [1.165, 1.54) is 9.85 Å². The number of ether oxygens (including phenoxy) is 1. The van der Waals surface area contributed by atoms with Gasteiger partial charge in [0, 0.05) is 44.5 Å². The van der Waals surface area contributed by atoms with Gasteiger partial charge in [-0.1, -0.05) is 11.3 Å². The van der Waals surface area contributed by atoms with Crippen LogP contribution in [-0.4, -0.2) is 67.4 Å². The van der Waals surface area contributed by atoms with Crippen LogP contribution in [0.3, 0.4) is 0 Å². The summed E-state index contributed by atoms with van der Waals surface area (Å²) in [5, 5.41) is 16.7. The third-order valence-corrected chi connectivity index (χ3v) is 6.30. The van der Waals surface area contributed by atoms with Crippen molar-refractivity contribution in [3.63, 3.8) is 0 Å². The van der Waals surface area contributed by atoms with Crippen LogP contribution >= 0.6 is 11.3 Å². The lowest BCUT2D eigenvalue weighted by atomic mass is 10.1. The summed E-state index contributed by atoms with van der Waals surface area (Å²) >= 11 is 1.57. The Morgan fingerprint density at radius 3 is 2.97 bits per heavy atom. The van der Waals surface area contributed by atoms with Crippen molar-refractivity contribution < 1.29 is 14.6 Å². The standard InChI is InChI=1S/C20H23N5O3SSi/c1-21-18(26)16-9-14(6-7-22-16)28-13-4-5-15-17(10-13)29-19(24-15)23-12-3-2-8-25(11-12)20(27)30/h4-7,9-10,12,27H,2-3,8,11,30H2,1H3,(H,21,26)(H,23,24)/t12-/m0/s1. The van der Waals surface area contributed by atoms with Crippen LogP contribution < -0.4 is 15.4 Å². The van der Waals surface area contributed by atoms with Crippen LogP contribution in [0.15, 0.2) is 36.5 Å². The van der Waals surface area contributed by atoms with Crippen molar-refractivity contribution in [1.29, 1.82) is 0 Å². The Morgan fingerprint density at radius 1 is 1.33 bits per heavy atom. The Bertz CT molecular complexity index is 1090. The Kier molecular flexibility index (Phi) is 5.95. The minimum absolute atomic E-state index is 0.252. The molecule has 1 atom stereocenters. The minimum Gasteiger partial charge on any atom is -0.500 e. The number of piperidine rings is 1. The molecule has 1 amide bonds. The highest BCUT2D eigenvalue weighted by atomic mass is 32.1. The molecule has 0 radical (unpaired) electrons. The second-order valence-corrected chi connectivity index (χ2v) is 8.72. The highest BCUT2D eigenvalue weighted by Crippen LogP contribution is 2.32. The van der Waals surface area contributed by atoms with Gasteiger partial charge in [-0.3, -0.25) is 9.78 Å². The molecule has 2 aromatic heterocycles. The van der Waals surface area contributed by atoms with E-state index in [0.29, 0.717) is 22.7 Å². The number of thiazole rings is 1. The average Bonchev–Trinajstić information content (AvgIpc) is 3.15. The van der Waals surface area contributed by atoms with Crippen LogP contribution in [0.5, 0.6) is 11.5 Å². The Morgan fingerprint density at radius 2 is 2.17 bits per heavy atom. The predicted molar refractivity (Wildman–Crippen MR) is 121 cm³/mol. The quantitative estimate of drug-likeness (QED) is 0.502. The van der Waals surface area contributed by atoms with E-state index in [4.69, 9.17) is 4.74 Å². The normalized spacial score (nSPS) is 16.3. The Labute approximate surface area is 181 Å². The highest BCUT2D eigenvalue weighted by Gasteiger charge is 2.21. The molecule has 30 heavy (non-hydrogen) atoms. The number of hydrogen-bond acceptors (Lipinski definition) is 8. The lowest BCUT2D eigenvalue weighted by Crippen LogP contribution is -2.45. The van der Waals surface area contributed by atoms with Gasteiger partial charge < -0.3 is 25.4 Å². The van der Waals surface area contributed by atoms with Gasteiger partial charge in [0.1, 0.15) is 22.7 Å². The molecule has 0 bridgehead atoms.